The number of carbonyl (C=O) groups excluding carboxylic acids is 1. The number of esters is 1. The summed E-state index contributed by atoms with van der Waals surface area (Å²) in [6, 6.07) is 9.12. The molecule has 1 heterocycles. The maximum atomic E-state index is 12.3. The number of benzene rings is 1. The van der Waals surface area contributed by atoms with E-state index in [4.69, 9.17) is 14.2 Å². The van der Waals surface area contributed by atoms with Crippen LogP contribution in [-0.4, -0.2) is 30.6 Å². The van der Waals surface area contributed by atoms with Gasteiger partial charge in [-0.05, 0) is 37.5 Å². The summed E-state index contributed by atoms with van der Waals surface area (Å²) in [7, 11) is 0. The van der Waals surface area contributed by atoms with Gasteiger partial charge >= 0.3 is 5.97 Å². The van der Waals surface area contributed by atoms with E-state index in [1.165, 1.54) is 19.3 Å². The first-order chi connectivity index (χ1) is 11.8. The maximum Gasteiger partial charge on any atom is 0.338 e. The Balaban J connectivity index is 1.40. The minimum atomic E-state index is -0.289. The second-order valence-electron chi connectivity index (χ2n) is 7.10. The molecule has 4 heteroatoms. The number of hydrogen-bond donors (Lipinski definition) is 0. The Morgan fingerprint density at radius 1 is 1.12 bits per heavy atom. The molecule has 1 saturated carbocycles. The highest BCUT2D eigenvalue weighted by Crippen LogP contribution is 2.41. The van der Waals surface area contributed by atoms with Crippen LogP contribution in [0.4, 0.5) is 0 Å². The Morgan fingerprint density at radius 2 is 1.92 bits per heavy atom. The van der Waals surface area contributed by atoms with E-state index in [9.17, 15) is 4.79 Å². The zero-order valence-electron chi connectivity index (χ0n) is 13.9. The van der Waals surface area contributed by atoms with Gasteiger partial charge in [0.25, 0.3) is 0 Å². The monoisotopic (exact) mass is 328 g/mol. The third kappa shape index (κ3) is 3.13. The number of carbonyl (C=O) groups is 1. The van der Waals surface area contributed by atoms with E-state index < -0.39 is 0 Å². The Labute approximate surface area is 142 Å². The molecule has 0 aromatic heterocycles. The van der Waals surface area contributed by atoms with Gasteiger partial charge in [0.1, 0.15) is 6.10 Å². The normalized spacial score (nSPS) is 31.4. The molecule has 128 valence electrons. The molecule has 4 nitrogen and oxygen atoms in total. The summed E-state index contributed by atoms with van der Waals surface area (Å²) in [5.74, 6) is -0.235. The molecule has 1 aliphatic heterocycles. The summed E-state index contributed by atoms with van der Waals surface area (Å²) < 4.78 is 18.0. The van der Waals surface area contributed by atoms with Crippen LogP contribution >= 0.6 is 0 Å². The largest absolute Gasteiger partial charge is 0.454 e. The number of allylic oxidation sites excluding steroid dienone is 1. The van der Waals surface area contributed by atoms with Crippen LogP contribution in [0.3, 0.4) is 0 Å². The van der Waals surface area contributed by atoms with E-state index in [1.54, 1.807) is 12.1 Å². The summed E-state index contributed by atoms with van der Waals surface area (Å²) in [6.07, 6.45) is 10.2. The van der Waals surface area contributed by atoms with E-state index in [0.717, 1.165) is 19.3 Å². The number of rotatable bonds is 3. The minimum absolute atomic E-state index is 0.0546. The van der Waals surface area contributed by atoms with Crippen molar-refractivity contribution in [1.82, 2.24) is 0 Å². The van der Waals surface area contributed by atoms with Gasteiger partial charge in [-0.15, -0.1) is 0 Å². The lowest BCUT2D eigenvalue weighted by atomic mass is 9.85. The van der Waals surface area contributed by atoms with Crippen molar-refractivity contribution in [1.29, 1.82) is 0 Å². The molecule has 0 N–H and O–H groups in total. The second-order valence-corrected chi connectivity index (χ2v) is 7.10. The molecule has 2 fully saturated rings. The molecule has 0 unspecified atom stereocenters. The van der Waals surface area contributed by atoms with Gasteiger partial charge in [-0.3, -0.25) is 0 Å². The van der Waals surface area contributed by atoms with E-state index in [0.29, 0.717) is 12.2 Å². The lowest BCUT2D eigenvalue weighted by Crippen LogP contribution is -2.37. The van der Waals surface area contributed by atoms with Gasteiger partial charge in [-0.1, -0.05) is 43.5 Å². The van der Waals surface area contributed by atoms with E-state index in [2.05, 4.69) is 6.08 Å². The van der Waals surface area contributed by atoms with Gasteiger partial charge < -0.3 is 14.2 Å². The van der Waals surface area contributed by atoms with E-state index in [-0.39, 0.29) is 29.9 Å². The van der Waals surface area contributed by atoms with Gasteiger partial charge in [-0.2, -0.15) is 0 Å². The predicted octanol–water partition coefficient (Wildman–Crippen LogP) is 3.86. The molecule has 1 spiro atoms. The summed E-state index contributed by atoms with van der Waals surface area (Å²) in [4.78, 5) is 12.3. The average Bonchev–Trinajstić information content (AvgIpc) is 3.24. The summed E-state index contributed by atoms with van der Waals surface area (Å²) in [5, 5.41) is 0. The minimum Gasteiger partial charge on any atom is -0.454 e. The highest BCUT2D eigenvalue weighted by Gasteiger charge is 2.47. The highest BCUT2D eigenvalue weighted by molar-refractivity contribution is 5.89. The lowest BCUT2D eigenvalue weighted by molar-refractivity contribution is -0.144. The zero-order chi connectivity index (χ0) is 16.4. The van der Waals surface area contributed by atoms with Crippen LogP contribution < -0.4 is 0 Å². The van der Waals surface area contributed by atoms with Crippen LogP contribution in [0.25, 0.3) is 0 Å². The van der Waals surface area contributed by atoms with Crippen molar-refractivity contribution >= 4 is 5.97 Å². The fraction of sp³-hybridized carbons (Fsp3) is 0.550. The molecule has 0 radical (unpaired) electrons. The zero-order valence-corrected chi connectivity index (χ0v) is 13.9. The number of hydrogen-bond acceptors (Lipinski definition) is 4. The van der Waals surface area contributed by atoms with Crippen LogP contribution in [0.15, 0.2) is 42.5 Å². The van der Waals surface area contributed by atoms with Crippen molar-refractivity contribution in [3.8, 4) is 0 Å². The van der Waals surface area contributed by atoms with Crippen molar-refractivity contribution in [2.45, 2.75) is 56.5 Å². The van der Waals surface area contributed by atoms with Gasteiger partial charge in [-0.25, -0.2) is 4.79 Å². The Morgan fingerprint density at radius 3 is 2.71 bits per heavy atom. The van der Waals surface area contributed by atoms with E-state index in [1.807, 2.05) is 24.3 Å². The van der Waals surface area contributed by atoms with Crippen LogP contribution in [0.2, 0.25) is 0 Å². The second kappa shape index (κ2) is 6.69. The SMILES string of the molecule is O=C(O[C@@H]1C=CC[C@@H]1[C@H]1OCC2(CCCCC2)O1)c1ccccc1. The number of ether oxygens (including phenoxy) is 3. The van der Waals surface area contributed by atoms with Crippen molar-refractivity contribution in [3.05, 3.63) is 48.0 Å². The van der Waals surface area contributed by atoms with Crippen molar-refractivity contribution in [3.63, 3.8) is 0 Å². The first-order valence-electron chi connectivity index (χ1n) is 8.98. The standard InChI is InChI=1S/C20H24O4/c21-18(15-8-3-1-4-9-15)23-17-11-7-10-16(17)19-22-14-20(24-19)12-5-2-6-13-20/h1,3-4,7-9,11,16-17,19H,2,5-6,10,12-14H2/t16-,17+,19-/m0/s1. The first-order valence-corrected chi connectivity index (χ1v) is 8.98. The predicted molar refractivity (Wildman–Crippen MR) is 89.5 cm³/mol. The molecule has 0 bridgehead atoms. The molecule has 3 aliphatic rings. The van der Waals surface area contributed by atoms with Crippen LogP contribution in [0.1, 0.15) is 48.9 Å². The quantitative estimate of drug-likeness (QED) is 0.624. The average molecular weight is 328 g/mol. The van der Waals surface area contributed by atoms with Gasteiger partial charge in [0, 0.05) is 0 Å². The van der Waals surface area contributed by atoms with Crippen molar-refractivity contribution in [2.24, 2.45) is 5.92 Å². The smallest absolute Gasteiger partial charge is 0.338 e. The van der Waals surface area contributed by atoms with Crippen LogP contribution in [-0.2, 0) is 14.2 Å². The maximum absolute atomic E-state index is 12.3. The molecule has 3 atom stereocenters. The summed E-state index contributed by atoms with van der Waals surface area (Å²) in [6.45, 7) is 0.674. The van der Waals surface area contributed by atoms with Crippen molar-refractivity contribution < 1.29 is 19.0 Å². The fourth-order valence-corrected chi connectivity index (χ4v) is 4.02. The Bertz CT molecular complexity index is 603. The summed E-state index contributed by atoms with van der Waals surface area (Å²) in [5.41, 5.74) is 0.480. The molecule has 0 amide bonds. The Hall–Kier alpha value is -1.65. The third-order valence-electron chi connectivity index (χ3n) is 5.40. The topological polar surface area (TPSA) is 44.8 Å². The molecule has 1 aromatic carbocycles. The van der Waals surface area contributed by atoms with Crippen molar-refractivity contribution in [2.75, 3.05) is 6.61 Å². The molecular weight excluding hydrogens is 304 g/mol. The van der Waals surface area contributed by atoms with E-state index >= 15 is 0 Å². The van der Waals surface area contributed by atoms with Crippen LogP contribution in [0, 0.1) is 5.92 Å². The first kappa shape index (κ1) is 15.9. The highest BCUT2D eigenvalue weighted by atomic mass is 16.7. The molecule has 1 aromatic rings. The summed E-state index contributed by atoms with van der Waals surface area (Å²) >= 11 is 0. The lowest BCUT2D eigenvalue weighted by Gasteiger charge is -2.32. The van der Waals surface area contributed by atoms with Gasteiger partial charge in [0.15, 0.2) is 6.29 Å². The molecule has 1 saturated heterocycles. The Kier molecular flexibility index (Phi) is 4.42. The molecular formula is C20H24O4. The van der Waals surface area contributed by atoms with Crippen LogP contribution in [0.5, 0.6) is 0 Å². The molecule has 4 rings (SSSR count). The molecule has 24 heavy (non-hydrogen) atoms. The fourth-order valence-electron chi connectivity index (χ4n) is 4.02. The van der Waals surface area contributed by atoms with Gasteiger partial charge in [0.05, 0.1) is 23.7 Å². The molecule has 2 aliphatic carbocycles. The van der Waals surface area contributed by atoms with Gasteiger partial charge in [0.2, 0.25) is 0 Å². The third-order valence-corrected chi connectivity index (χ3v) is 5.40.